The third kappa shape index (κ3) is 2.34. The number of carbonyl (C=O) groups excluding carboxylic acids is 1. The van der Waals surface area contributed by atoms with Gasteiger partial charge in [-0.25, -0.2) is 4.98 Å². The van der Waals surface area contributed by atoms with Gasteiger partial charge in [0.15, 0.2) is 0 Å². The SMILES string of the molecule is Cc1c(Br)nc2ccc(NC(=O)C(C)C)cn12. The second-order valence-electron chi connectivity index (χ2n) is 4.28. The number of amides is 1. The maximum absolute atomic E-state index is 11.6. The average Bonchev–Trinajstić information content (AvgIpc) is 2.55. The summed E-state index contributed by atoms with van der Waals surface area (Å²) < 4.78 is 2.77. The van der Waals surface area contributed by atoms with E-state index in [2.05, 4.69) is 26.2 Å². The fourth-order valence-corrected chi connectivity index (χ4v) is 1.87. The number of nitrogens with zero attached hydrogens (tertiary/aromatic N) is 2. The number of rotatable bonds is 2. The molecule has 1 N–H and O–H groups in total. The Kier molecular flexibility index (Phi) is 3.19. The summed E-state index contributed by atoms with van der Waals surface area (Å²) in [4.78, 5) is 15.9. The van der Waals surface area contributed by atoms with Gasteiger partial charge in [-0.05, 0) is 35.0 Å². The first-order valence-corrected chi connectivity index (χ1v) is 6.23. The molecule has 0 aliphatic heterocycles. The molecule has 0 unspecified atom stereocenters. The molecule has 0 bridgehead atoms. The van der Waals surface area contributed by atoms with Crippen LogP contribution in [0.2, 0.25) is 0 Å². The second-order valence-corrected chi connectivity index (χ2v) is 5.03. The van der Waals surface area contributed by atoms with Crippen molar-refractivity contribution in [1.29, 1.82) is 0 Å². The van der Waals surface area contributed by atoms with E-state index in [1.807, 2.05) is 43.5 Å². The predicted octanol–water partition coefficient (Wildman–Crippen LogP) is 3.00. The van der Waals surface area contributed by atoms with Gasteiger partial charge >= 0.3 is 0 Å². The predicted molar refractivity (Wildman–Crippen MR) is 71.1 cm³/mol. The van der Waals surface area contributed by atoms with Crippen molar-refractivity contribution in [2.24, 2.45) is 5.92 Å². The first-order chi connectivity index (χ1) is 7.99. The quantitative estimate of drug-likeness (QED) is 0.926. The highest BCUT2D eigenvalue weighted by molar-refractivity contribution is 9.10. The summed E-state index contributed by atoms with van der Waals surface area (Å²) >= 11 is 3.39. The zero-order chi connectivity index (χ0) is 12.6. The zero-order valence-corrected chi connectivity index (χ0v) is 11.6. The summed E-state index contributed by atoms with van der Waals surface area (Å²) in [5, 5.41) is 2.87. The highest BCUT2D eigenvalue weighted by Crippen LogP contribution is 2.19. The lowest BCUT2D eigenvalue weighted by Crippen LogP contribution is -2.17. The van der Waals surface area contributed by atoms with Gasteiger partial charge < -0.3 is 9.72 Å². The van der Waals surface area contributed by atoms with E-state index in [1.54, 1.807) is 0 Å². The van der Waals surface area contributed by atoms with Gasteiger partial charge in [-0.1, -0.05) is 13.8 Å². The number of fused-ring (bicyclic) bond motifs is 1. The maximum atomic E-state index is 11.6. The minimum atomic E-state index is -0.0266. The van der Waals surface area contributed by atoms with Crippen molar-refractivity contribution in [2.45, 2.75) is 20.8 Å². The normalized spacial score (nSPS) is 11.1. The third-order valence-corrected chi connectivity index (χ3v) is 3.34. The van der Waals surface area contributed by atoms with Crippen molar-refractivity contribution in [3.63, 3.8) is 0 Å². The lowest BCUT2D eigenvalue weighted by Gasteiger charge is -2.08. The van der Waals surface area contributed by atoms with Crippen molar-refractivity contribution in [2.75, 3.05) is 5.32 Å². The van der Waals surface area contributed by atoms with E-state index in [0.717, 1.165) is 21.6 Å². The smallest absolute Gasteiger partial charge is 0.226 e. The molecule has 0 aliphatic carbocycles. The summed E-state index contributed by atoms with van der Waals surface area (Å²) in [7, 11) is 0. The summed E-state index contributed by atoms with van der Waals surface area (Å²) in [6, 6.07) is 3.74. The fourth-order valence-electron chi connectivity index (χ4n) is 1.49. The molecule has 0 fully saturated rings. The van der Waals surface area contributed by atoms with Gasteiger partial charge in [0.05, 0.1) is 11.4 Å². The number of nitrogens with one attached hydrogen (secondary N) is 1. The first kappa shape index (κ1) is 12.1. The van der Waals surface area contributed by atoms with E-state index in [1.165, 1.54) is 0 Å². The highest BCUT2D eigenvalue weighted by Gasteiger charge is 2.09. The van der Waals surface area contributed by atoms with Crippen molar-refractivity contribution in [3.8, 4) is 0 Å². The summed E-state index contributed by atoms with van der Waals surface area (Å²) in [5.41, 5.74) is 2.65. The summed E-state index contributed by atoms with van der Waals surface area (Å²) in [6.45, 7) is 5.71. The van der Waals surface area contributed by atoms with E-state index >= 15 is 0 Å². The van der Waals surface area contributed by atoms with Crippen molar-refractivity contribution >= 4 is 33.2 Å². The van der Waals surface area contributed by atoms with E-state index < -0.39 is 0 Å². The number of carbonyl (C=O) groups is 1. The zero-order valence-electron chi connectivity index (χ0n) is 9.99. The monoisotopic (exact) mass is 295 g/mol. The van der Waals surface area contributed by atoms with Crippen LogP contribution in [0.15, 0.2) is 22.9 Å². The standard InChI is InChI=1S/C12H14BrN3O/c1-7(2)12(17)14-9-4-5-10-15-11(13)8(3)16(10)6-9/h4-7H,1-3H3,(H,14,17). The number of halogens is 1. The van der Waals surface area contributed by atoms with Gasteiger partial charge in [0, 0.05) is 12.1 Å². The Labute approximate surface area is 108 Å². The van der Waals surface area contributed by atoms with Gasteiger partial charge in [0.2, 0.25) is 5.91 Å². The van der Waals surface area contributed by atoms with E-state index in [9.17, 15) is 4.79 Å². The lowest BCUT2D eigenvalue weighted by molar-refractivity contribution is -0.118. The summed E-state index contributed by atoms with van der Waals surface area (Å²) in [5.74, 6) is -0.0116. The van der Waals surface area contributed by atoms with Gasteiger partial charge in [-0.15, -0.1) is 0 Å². The average molecular weight is 296 g/mol. The van der Waals surface area contributed by atoms with Crippen molar-refractivity contribution < 1.29 is 4.79 Å². The Hall–Kier alpha value is -1.36. The molecule has 90 valence electrons. The Balaban J connectivity index is 2.37. The molecule has 5 heteroatoms. The number of hydrogen-bond acceptors (Lipinski definition) is 2. The van der Waals surface area contributed by atoms with Gasteiger partial charge in [-0.2, -0.15) is 0 Å². The van der Waals surface area contributed by atoms with Crippen LogP contribution >= 0.6 is 15.9 Å². The molecule has 2 heterocycles. The molecule has 0 atom stereocenters. The van der Waals surface area contributed by atoms with E-state index in [4.69, 9.17) is 0 Å². The number of hydrogen-bond donors (Lipinski definition) is 1. The Morgan fingerprint density at radius 2 is 2.18 bits per heavy atom. The Morgan fingerprint density at radius 3 is 2.82 bits per heavy atom. The number of anilines is 1. The van der Waals surface area contributed by atoms with Gasteiger partial charge in [0.1, 0.15) is 10.3 Å². The minimum absolute atomic E-state index is 0.0150. The molecule has 0 radical (unpaired) electrons. The number of imidazole rings is 1. The van der Waals surface area contributed by atoms with Crippen LogP contribution in [0.3, 0.4) is 0 Å². The van der Waals surface area contributed by atoms with Crippen LogP contribution in [0.1, 0.15) is 19.5 Å². The summed E-state index contributed by atoms with van der Waals surface area (Å²) in [6.07, 6.45) is 1.88. The molecule has 0 aromatic carbocycles. The molecule has 0 saturated carbocycles. The van der Waals surface area contributed by atoms with Crippen LogP contribution in [-0.4, -0.2) is 15.3 Å². The number of pyridine rings is 1. The molecule has 4 nitrogen and oxygen atoms in total. The molecule has 2 aromatic heterocycles. The Morgan fingerprint density at radius 1 is 1.47 bits per heavy atom. The Bertz CT molecular complexity index is 574. The molecule has 0 aliphatic rings. The molecular weight excluding hydrogens is 282 g/mol. The molecule has 2 aromatic rings. The minimum Gasteiger partial charge on any atom is -0.325 e. The van der Waals surface area contributed by atoms with E-state index in [-0.39, 0.29) is 11.8 Å². The topological polar surface area (TPSA) is 46.4 Å². The van der Waals surface area contributed by atoms with Crippen LogP contribution < -0.4 is 5.32 Å². The number of aryl methyl sites for hydroxylation is 1. The van der Waals surface area contributed by atoms with Crippen LogP contribution in [0.5, 0.6) is 0 Å². The molecule has 1 amide bonds. The molecule has 0 saturated heterocycles. The lowest BCUT2D eigenvalue weighted by atomic mass is 10.2. The highest BCUT2D eigenvalue weighted by atomic mass is 79.9. The van der Waals surface area contributed by atoms with Crippen molar-refractivity contribution in [3.05, 3.63) is 28.6 Å². The second kappa shape index (κ2) is 4.49. The molecule has 2 rings (SSSR count). The molecule has 17 heavy (non-hydrogen) atoms. The van der Waals surface area contributed by atoms with Crippen molar-refractivity contribution in [1.82, 2.24) is 9.38 Å². The third-order valence-electron chi connectivity index (χ3n) is 2.59. The van der Waals surface area contributed by atoms with Gasteiger partial charge in [0.25, 0.3) is 0 Å². The van der Waals surface area contributed by atoms with Crippen LogP contribution in [-0.2, 0) is 4.79 Å². The molecular formula is C12H14BrN3O. The largest absolute Gasteiger partial charge is 0.325 e. The maximum Gasteiger partial charge on any atom is 0.226 e. The van der Waals surface area contributed by atoms with Crippen LogP contribution in [0.25, 0.3) is 5.65 Å². The van der Waals surface area contributed by atoms with Gasteiger partial charge in [-0.3, -0.25) is 4.79 Å². The van der Waals surface area contributed by atoms with Crippen LogP contribution in [0.4, 0.5) is 5.69 Å². The molecule has 0 spiro atoms. The fraction of sp³-hybridized carbons (Fsp3) is 0.333. The van der Waals surface area contributed by atoms with Crippen LogP contribution in [0, 0.1) is 12.8 Å². The first-order valence-electron chi connectivity index (χ1n) is 5.44. The van der Waals surface area contributed by atoms with E-state index in [0.29, 0.717) is 0 Å². The number of aromatic nitrogens is 2.